The normalized spacial score (nSPS) is 16.3. The van der Waals surface area contributed by atoms with Crippen molar-refractivity contribution < 1.29 is 34.9 Å². The van der Waals surface area contributed by atoms with E-state index >= 15 is 0 Å². The largest absolute Gasteiger partial charge is 0.394 e. The maximum Gasteiger partial charge on any atom is 0.321 e. The Labute approximate surface area is 91.4 Å². The Hall–Kier alpha value is -1.06. The van der Waals surface area contributed by atoms with Crippen LogP contribution in [0.2, 0.25) is 0 Å². The van der Waals surface area contributed by atoms with Crippen LogP contribution in [0.1, 0.15) is 6.92 Å². The monoisotopic (exact) mass is 237 g/mol. The van der Waals surface area contributed by atoms with Crippen LogP contribution in [0.15, 0.2) is 0 Å². The van der Waals surface area contributed by atoms with E-state index in [1.807, 2.05) is 5.48 Å². The van der Waals surface area contributed by atoms with Gasteiger partial charge in [-0.15, -0.1) is 5.48 Å². The Morgan fingerprint density at radius 2 is 1.81 bits per heavy atom. The Morgan fingerprint density at radius 3 is 2.19 bits per heavy atom. The van der Waals surface area contributed by atoms with E-state index in [1.54, 1.807) is 0 Å². The number of carbonyl (C=O) groups is 2. The molecule has 0 unspecified atom stereocenters. The molecule has 0 fully saturated rings. The van der Waals surface area contributed by atoms with Crippen molar-refractivity contribution in [2.45, 2.75) is 25.2 Å². The molecule has 0 rings (SSSR count). The number of aliphatic hydroxyl groups is 4. The number of hydrogen-bond donors (Lipinski definition) is 5. The molecule has 0 aromatic carbocycles. The van der Waals surface area contributed by atoms with Gasteiger partial charge in [0.2, 0.25) is 0 Å². The molecule has 5 N–H and O–H groups in total. The Balaban J connectivity index is 4.34. The lowest BCUT2D eigenvalue weighted by Crippen LogP contribution is -2.50. The van der Waals surface area contributed by atoms with Crippen molar-refractivity contribution in [2.24, 2.45) is 0 Å². The zero-order valence-corrected chi connectivity index (χ0v) is 8.66. The molecule has 0 aliphatic carbocycles. The smallest absolute Gasteiger partial charge is 0.321 e. The van der Waals surface area contributed by atoms with Gasteiger partial charge < -0.3 is 25.3 Å². The standard InChI is InChI=1S/C8H15NO7/c1-4(12)16-9-5(2-10)7(14)8(15)6(13)3-11/h5-6,8-11,13,15H,2-3H2,1H3/t5-,6+,8+/m0/s1. The van der Waals surface area contributed by atoms with Gasteiger partial charge in [-0.25, -0.2) is 0 Å². The van der Waals surface area contributed by atoms with Gasteiger partial charge in [0, 0.05) is 6.92 Å². The number of Topliss-reactive ketones (excluding diaryl/α,β-unsaturated/α-hetero) is 1. The van der Waals surface area contributed by atoms with E-state index in [-0.39, 0.29) is 0 Å². The van der Waals surface area contributed by atoms with Crippen LogP contribution < -0.4 is 5.48 Å². The quantitative estimate of drug-likeness (QED) is 0.290. The Morgan fingerprint density at radius 1 is 1.25 bits per heavy atom. The summed E-state index contributed by atoms with van der Waals surface area (Å²) in [4.78, 5) is 26.0. The minimum atomic E-state index is -1.87. The van der Waals surface area contributed by atoms with Crippen LogP contribution in [0.5, 0.6) is 0 Å². The first kappa shape index (κ1) is 14.9. The highest BCUT2D eigenvalue weighted by Gasteiger charge is 2.30. The molecule has 0 amide bonds. The molecule has 0 spiro atoms. The molecule has 0 aromatic rings. The number of hydrogen-bond acceptors (Lipinski definition) is 8. The van der Waals surface area contributed by atoms with Gasteiger partial charge in [0.05, 0.1) is 13.2 Å². The minimum absolute atomic E-state index is 0.733. The van der Waals surface area contributed by atoms with Crippen molar-refractivity contribution in [3.05, 3.63) is 0 Å². The second-order valence-electron chi connectivity index (χ2n) is 3.04. The van der Waals surface area contributed by atoms with E-state index in [2.05, 4.69) is 4.84 Å². The molecular weight excluding hydrogens is 222 g/mol. The second-order valence-corrected chi connectivity index (χ2v) is 3.04. The summed E-state index contributed by atoms with van der Waals surface area (Å²) < 4.78 is 0. The molecule has 0 saturated heterocycles. The van der Waals surface area contributed by atoms with Crippen molar-refractivity contribution in [1.82, 2.24) is 5.48 Å². The minimum Gasteiger partial charge on any atom is -0.394 e. The lowest BCUT2D eigenvalue weighted by atomic mass is 10.0. The fourth-order valence-electron chi connectivity index (χ4n) is 0.835. The van der Waals surface area contributed by atoms with Crippen molar-refractivity contribution in [1.29, 1.82) is 0 Å². The van der Waals surface area contributed by atoms with Gasteiger partial charge in [0.15, 0.2) is 5.78 Å². The van der Waals surface area contributed by atoms with E-state index in [0.717, 1.165) is 6.92 Å². The van der Waals surface area contributed by atoms with Crippen LogP contribution >= 0.6 is 0 Å². The van der Waals surface area contributed by atoms with Crippen LogP contribution in [-0.4, -0.2) is 63.6 Å². The summed E-state index contributed by atoms with van der Waals surface area (Å²) in [5.74, 6) is -1.73. The average Bonchev–Trinajstić information content (AvgIpc) is 2.27. The van der Waals surface area contributed by atoms with Crippen molar-refractivity contribution in [3.63, 3.8) is 0 Å². The van der Waals surface area contributed by atoms with Crippen molar-refractivity contribution in [2.75, 3.05) is 13.2 Å². The summed E-state index contributed by atoms with van der Waals surface area (Å²) in [6.07, 6.45) is -3.52. The Kier molecular flexibility index (Phi) is 6.77. The molecule has 0 heterocycles. The van der Waals surface area contributed by atoms with E-state index < -0.39 is 43.2 Å². The predicted molar refractivity (Wildman–Crippen MR) is 49.9 cm³/mol. The first-order chi connectivity index (χ1) is 7.43. The van der Waals surface area contributed by atoms with Crippen LogP contribution in [0.3, 0.4) is 0 Å². The zero-order valence-electron chi connectivity index (χ0n) is 8.66. The topological polar surface area (TPSA) is 136 Å². The first-order valence-corrected chi connectivity index (χ1v) is 4.48. The van der Waals surface area contributed by atoms with Gasteiger partial charge in [-0.3, -0.25) is 9.59 Å². The third-order valence-electron chi connectivity index (χ3n) is 1.71. The lowest BCUT2D eigenvalue weighted by Gasteiger charge is -2.20. The molecule has 0 radical (unpaired) electrons. The maximum atomic E-state index is 11.4. The van der Waals surface area contributed by atoms with Crippen LogP contribution in [0.4, 0.5) is 0 Å². The lowest BCUT2D eigenvalue weighted by molar-refractivity contribution is -0.155. The summed E-state index contributed by atoms with van der Waals surface area (Å²) in [5.41, 5.74) is 1.93. The molecule has 8 heteroatoms. The van der Waals surface area contributed by atoms with Gasteiger partial charge in [-0.2, -0.15) is 0 Å². The molecule has 0 aliphatic rings. The molecule has 8 nitrogen and oxygen atoms in total. The van der Waals surface area contributed by atoms with E-state index in [4.69, 9.17) is 15.3 Å². The number of hydroxylamine groups is 1. The van der Waals surface area contributed by atoms with E-state index in [0.29, 0.717) is 0 Å². The highest BCUT2D eigenvalue weighted by Crippen LogP contribution is 1.99. The SMILES string of the molecule is CC(=O)ON[C@@H](CO)C(=O)[C@H](O)[C@H](O)CO. The molecule has 3 atom stereocenters. The highest BCUT2D eigenvalue weighted by molar-refractivity contribution is 5.88. The van der Waals surface area contributed by atoms with Gasteiger partial charge in [-0.05, 0) is 0 Å². The fourth-order valence-corrected chi connectivity index (χ4v) is 0.835. The molecule has 94 valence electrons. The summed E-state index contributed by atoms with van der Waals surface area (Å²) in [6.45, 7) is -0.467. The second kappa shape index (κ2) is 7.25. The molecule has 0 aliphatic heterocycles. The highest BCUT2D eigenvalue weighted by atomic mass is 16.7. The molecule has 0 bridgehead atoms. The van der Waals surface area contributed by atoms with Crippen LogP contribution in [0.25, 0.3) is 0 Å². The summed E-state index contributed by atoms with van der Waals surface area (Å²) >= 11 is 0. The number of aliphatic hydroxyl groups excluding tert-OH is 4. The van der Waals surface area contributed by atoms with Gasteiger partial charge >= 0.3 is 5.97 Å². The van der Waals surface area contributed by atoms with Gasteiger partial charge in [0.1, 0.15) is 18.2 Å². The van der Waals surface area contributed by atoms with Crippen molar-refractivity contribution in [3.8, 4) is 0 Å². The van der Waals surface area contributed by atoms with Crippen molar-refractivity contribution >= 4 is 11.8 Å². The van der Waals surface area contributed by atoms with Gasteiger partial charge in [0.25, 0.3) is 0 Å². The summed E-state index contributed by atoms with van der Waals surface area (Å²) in [5, 5.41) is 35.5. The first-order valence-electron chi connectivity index (χ1n) is 4.48. The van der Waals surface area contributed by atoms with E-state index in [1.165, 1.54) is 0 Å². The van der Waals surface area contributed by atoms with Crippen LogP contribution in [-0.2, 0) is 14.4 Å². The molecule has 16 heavy (non-hydrogen) atoms. The summed E-state index contributed by atoms with van der Waals surface area (Å²) in [7, 11) is 0. The zero-order chi connectivity index (χ0) is 12.7. The van der Waals surface area contributed by atoms with E-state index in [9.17, 15) is 14.7 Å². The number of carbonyl (C=O) groups excluding carboxylic acids is 2. The number of nitrogens with one attached hydrogen (secondary N) is 1. The summed E-state index contributed by atoms with van der Waals surface area (Å²) in [6, 6.07) is -1.36. The predicted octanol–water partition coefficient (Wildman–Crippen LogP) is -3.30. The third-order valence-corrected chi connectivity index (χ3v) is 1.71. The molecule has 0 aromatic heterocycles. The average molecular weight is 237 g/mol. The molecular formula is C8H15NO7. The third kappa shape index (κ3) is 4.64. The van der Waals surface area contributed by atoms with Gasteiger partial charge in [-0.1, -0.05) is 0 Å². The number of ketones is 1. The van der Waals surface area contributed by atoms with Crippen LogP contribution in [0, 0.1) is 0 Å². The maximum absolute atomic E-state index is 11.4. The molecule has 0 saturated carbocycles. The Bertz CT molecular complexity index is 245. The number of rotatable bonds is 7. The fraction of sp³-hybridized carbons (Fsp3) is 0.750.